The van der Waals surface area contributed by atoms with E-state index < -0.39 is 0 Å². The summed E-state index contributed by atoms with van der Waals surface area (Å²) in [5.41, 5.74) is 1.14. The molecule has 0 aliphatic heterocycles. The highest BCUT2D eigenvalue weighted by molar-refractivity contribution is 9.10. The summed E-state index contributed by atoms with van der Waals surface area (Å²) in [6.07, 6.45) is 4.01. The molecule has 1 nitrogen and oxygen atoms in total. The Kier molecular flexibility index (Phi) is 4.98. The molecule has 0 saturated heterocycles. The molecular formula is C11H11BrOS. The second-order valence-electron chi connectivity index (χ2n) is 2.73. The monoisotopic (exact) mass is 270 g/mol. The van der Waals surface area contributed by atoms with Gasteiger partial charge in [0.2, 0.25) is 0 Å². The maximum absolute atomic E-state index is 10.6. The van der Waals surface area contributed by atoms with E-state index in [2.05, 4.69) is 15.9 Å². The van der Waals surface area contributed by atoms with Crippen LogP contribution in [0.15, 0.2) is 34.8 Å². The number of benzene rings is 1. The summed E-state index contributed by atoms with van der Waals surface area (Å²) in [5, 5.41) is 0.154. The second kappa shape index (κ2) is 6.04. The van der Waals surface area contributed by atoms with Crippen LogP contribution in [0.3, 0.4) is 0 Å². The fraction of sp³-hybridized carbons (Fsp3) is 0.182. The molecule has 0 amide bonds. The minimum Gasteiger partial charge on any atom is -0.288 e. The van der Waals surface area contributed by atoms with Crippen LogP contribution in [0.2, 0.25) is 0 Å². The van der Waals surface area contributed by atoms with Crippen molar-refractivity contribution in [3.8, 4) is 0 Å². The third-order valence-corrected chi connectivity index (χ3v) is 3.07. The SMILES string of the molecule is CC(=O)SCC=Cc1ccccc1Br. The zero-order valence-electron chi connectivity index (χ0n) is 7.87. The van der Waals surface area contributed by atoms with E-state index >= 15 is 0 Å². The molecule has 0 unspecified atom stereocenters. The van der Waals surface area contributed by atoms with Gasteiger partial charge in [-0.1, -0.05) is 58.0 Å². The first-order valence-corrected chi connectivity index (χ1v) is 6.02. The fourth-order valence-corrected chi connectivity index (χ4v) is 1.79. The van der Waals surface area contributed by atoms with E-state index in [0.29, 0.717) is 0 Å². The summed E-state index contributed by atoms with van der Waals surface area (Å²) in [6.45, 7) is 1.58. The van der Waals surface area contributed by atoms with Gasteiger partial charge in [-0.3, -0.25) is 4.79 Å². The number of hydrogen-bond acceptors (Lipinski definition) is 2. The Labute approximate surface area is 96.7 Å². The van der Waals surface area contributed by atoms with Crippen LogP contribution in [-0.2, 0) is 4.79 Å². The van der Waals surface area contributed by atoms with Crippen molar-refractivity contribution in [2.75, 3.05) is 5.75 Å². The minimum absolute atomic E-state index is 0.154. The molecule has 1 aromatic carbocycles. The highest BCUT2D eigenvalue weighted by Crippen LogP contribution is 2.17. The maximum Gasteiger partial charge on any atom is 0.186 e. The molecule has 0 N–H and O–H groups in total. The van der Waals surface area contributed by atoms with Crippen molar-refractivity contribution < 1.29 is 4.79 Å². The summed E-state index contributed by atoms with van der Waals surface area (Å²) in [7, 11) is 0. The number of carbonyl (C=O) groups is 1. The number of rotatable bonds is 3. The first-order valence-electron chi connectivity index (χ1n) is 4.24. The van der Waals surface area contributed by atoms with Crippen LogP contribution in [-0.4, -0.2) is 10.9 Å². The highest BCUT2D eigenvalue weighted by Gasteiger charge is 1.93. The minimum atomic E-state index is 0.154. The maximum atomic E-state index is 10.6. The molecule has 0 atom stereocenters. The van der Waals surface area contributed by atoms with Crippen LogP contribution in [0.4, 0.5) is 0 Å². The van der Waals surface area contributed by atoms with E-state index in [1.807, 2.05) is 36.4 Å². The Bertz CT molecular complexity index is 347. The van der Waals surface area contributed by atoms with Crippen LogP contribution in [0.1, 0.15) is 12.5 Å². The van der Waals surface area contributed by atoms with Gasteiger partial charge in [-0.2, -0.15) is 0 Å². The molecule has 0 spiro atoms. The first kappa shape index (κ1) is 11.5. The molecule has 0 radical (unpaired) electrons. The zero-order chi connectivity index (χ0) is 10.4. The van der Waals surface area contributed by atoms with Crippen molar-refractivity contribution in [2.45, 2.75) is 6.92 Å². The average molecular weight is 271 g/mol. The molecule has 1 aromatic rings. The molecular weight excluding hydrogens is 260 g/mol. The van der Waals surface area contributed by atoms with Crippen molar-refractivity contribution in [1.29, 1.82) is 0 Å². The molecule has 0 fully saturated rings. The number of hydrogen-bond donors (Lipinski definition) is 0. The average Bonchev–Trinajstić information content (AvgIpc) is 2.15. The largest absolute Gasteiger partial charge is 0.288 e. The third-order valence-electron chi connectivity index (χ3n) is 1.59. The van der Waals surface area contributed by atoms with Crippen LogP contribution in [0, 0.1) is 0 Å². The smallest absolute Gasteiger partial charge is 0.186 e. The first-order chi connectivity index (χ1) is 6.70. The molecule has 0 aliphatic carbocycles. The van der Waals surface area contributed by atoms with Crippen LogP contribution in [0.25, 0.3) is 6.08 Å². The Morgan fingerprint density at radius 2 is 2.21 bits per heavy atom. The molecule has 3 heteroatoms. The van der Waals surface area contributed by atoms with Gasteiger partial charge in [0.05, 0.1) is 0 Å². The molecule has 0 bridgehead atoms. The van der Waals surface area contributed by atoms with Crippen LogP contribution >= 0.6 is 27.7 Å². The Hall–Kier alpha value is -0.540. The molecule has 0 saturated carbocycles. The fourth-order valence-electron chi connectivity index (χ4n) is 0.951. The zero-order valence-corrected chi connectivity index (χ0v) is 10.3. The predicted molar refractivity (Wildman–Crippen MR) is 66.3 cm³/mol. The lowest BCUT2D eigenvalue weighted by Gasteiger charge is -1.96. The highest BCUT2D eigenvalue weighted by atomic mass is 79.9. The van der Waals surface area contributed by atoms with Gasteiger partial charge in [0, 0.05) is 17.1 Å². The molecule has 14 heavy (non-hydrogen) atoms. The quantitative estimate of drug-likeness (QED) is 0.833. The van der Waals surface area contributed by atoms with E-state index in [9.17, 15) is 4.79 Å². The van der Waals surface area contributed by atoms with Crippen LogP contribution < -0.4 is 0 Å². The van der Waals surface area contributed by atoms with Gasteiger partial charge in [0.15, 0.2) is 5.12 Å². The lowest BCUT2D eigenvalue weighted by Crippen LogP contribution is -1.81. The van der Waals surface area contributed by atoms with E-state index in [0.717, 1.165) is 15.8 Å². The van der Waals surface area contributed by atoms with Crippen molar-refractivity contribution in [1.82, 2.24) is 0 Å². The molecule has 1 rings (SSSR count). The Balaban J connectivity index is 2.52. The third kappa shape index (κ3) is 4.11. The molecule has 74 valence electrons. The van der Waals surface area contributed by atoms with E-state index in [1.54, 1.807) is 6.92 Å². The van der Waals surface area contributed by atoms with Gasteiger partial charge in [-0.25, -0.2) is 0 Å². The molecule has 0 aromatic heterocycles. The summed E-state index contributed by atoms with van der Waals surface area (Å²) in [6, 6.07) is 7.99. The van der Waals surface area contributed by atoms with Gasteiger partial charge in [-0.15, -0.1) is 0 Å². The van der Waals surface area contributed by atoms with Crippen molar-refractivity contribution in [3.63, 3.8) is 0 Å². The van der Waals surface area contributed by atoms with Gasteiger partial charge < -0.3 is 0 Å². The lowest BCUT2D eigenvalue weighted by molar-refractivity contribution is -0.109. The van der Waals surface area contributed by atoms with Crippen molar-refractivity contribution in [2.24, 2.45) is 0 Å². The number of carbonyl (C=O) groups excluding carboxylic acids is 1. The lowest BCUT2D eigenvalue weighted by atomic mass is 10.2. The second-order valence-corrected chi connectivity index (χ2v) is 4.78. The topological polar surface area (TPSA) is 17.1 Å². The van der Waals surface area contributed by atoms with Crippen LogP contribution in [0.5, 0.6) is 0 Å². The Morgan fingerprint density at radius 1 is 1.50 bits per heavy atom. The van der Waals surface area contributed by atoms with E-state index in [1.165, 1.54) is 11.8 Å². The van der Waals surface area contributed by atoms with Gasteiger partial charge in [-0.05, 0) is 11.6 Å². The van der Waals surface area contributed by atoms with E-state index in [-0.39, 0.29) is 5.12 Å². The van der Waals surface area contributed by atoms with Gasteiger partial charge >= 0.3 is 0 Å². The van der Waals surface area contributed by atoms with Crippen molar-refractivity contribution in [3.05, 3.63) is 40.4 Å². The summed E-state index contributed by atoms with van der Waals surface area (Å²) < 4.78 is 1.07. The number of thioether (sulfide) groups is 1. The summed E-state index contributed by atoms with van der Waals surface area (Å²) in [4.78, 5) is 10.6. The summed E-state index contributed by atoms with van der Waals surface area (Å²) in [5.74, 6) is 0.733. The van der Waals surface area contributed by atoms with Crippen molar-refractivity contribution >= 4 is 38.9 Å². The van der Waals surface area contributed by atoms with Gasteiger partial charge in [0.1, 0.15) is 0 Å². The van der Waals surface area contributed by atoms with Gasteiger partial charge in [0.25, 0.3) is 0 Å². The Morgan fingerprint density at radius 3 is 2.86 bits per heavy atom. The number of halogens is 1. The molecule has 0 aliphatic rings. The normalized spacial score (nSPS) is 10.7. The summed E-state index contributed by atoms with van der Waals surface area (Å²) >= 11 is 4.77. The standard InChI is InChI=1S/C11H11BrOS/c1-9(13)14-8-4-6-10-5-2-3-7-11(10)12/h2-7H,8H2,1H3. The predicted octanol–water partition coefficient (Wildman–Crippen LogP) is 3.74. The molecule has 0 heterocycles. The van der Waals surface area contributed by atoms with E-state index in [4.69, 9.17) is 0 Å².